The number of rotatable bonds is 4. The largest absolute Gasteiger partial charge is 3.00 e. The Balaban J connectivity index is 0.000000234. The molecule has 0 unspecified atom stereocenters. The Labute approximate surface area is 324 Å². The second kappa shape index (κ2) is 14.4. The van der Waals surface area contributed by atoms with Crippen molar-refractivity contribution in [1.29, 1.82) is 0 Å². The first-order valence-electron chi connectivity index (χ1n) is 22.2. The summed E-state index contributed by atoms with van der Waals surface area (Å²) >= 11 is 0. The van der Waals surface area contributed by atoms with Crippen molar-refractivity contribution in [3.8, 4) is 33.6 Å². The molecule has 248 valence electrons. The molecule has 0 saturated heterocycles. The quantitative estimate of drug-likeness (QED) is 0.131. The molecule has 0 radical (unpaired) electrons. The van der Waals surface area contributed by atoms with E-state index >= 15 is 0 Å². The molecule has 0 N–H and O–H groups in total. The van der Waals surface area contributed by atoms with Crippen molar-refractivity contribution in [3.63, 3.8) is 0 Å². The zero-order valence-electron chi connectivity index (χ0n) is 41.2. The Morgan fingerprint density at radius 1 is 0.878 bits per heavy atom. The van der Waals surface area contributed by atoms with E-state index in [0.29, 0.717) is 55.7 Å². The standard InChI is InChI=1S/C22H21N2O.C22H22N.Ir/c1-14-8-9-17-16-6-5-7-18(20(16)25-21(17)24-14)19-12-15(10-11-23-19)13-22(2,3)4;1-15-12-22(23(5)14-18(15)4)21-13-20(16(2)11-17(21)3)19-9-7-6-8-10-19;/h5-6,8-12H,13H2,1-4H3;6-14H,3,5H2,1-2,4H3;/q2*-1;+3/i1D3,13D2;1D3,2D3,4D3;. The number of pyridine rings is 3. The molecule has 0 aliphatic carbocycles. The molecule has 7 aromatic rings. The smallest absolute Gasteiger partial charge is 0.486 e. The van der Waals surface area contributed by atoms with E-state index in [2.05, 4.69) is 30.0 Å². The summed E-state index contributed by atoms with van der Waals surface area (Å²) in [7, 11) is 3.85. The number of fused-ring (bicyclic) bond motifs is 3. The maximum atomic E-state index is 8.55. The van der Waals surface area contributed by atoms with Crippen LogP contribution in [0.5, 0.6) is 0 Å². The Hall–Kier alpha value is -4.70. The molecule has 49 heavy (non-hydrogen) atoms. The van der Waals surface area contributed by atoms with Crippen molar-refractivity contribution >= 4 is 22.1 Å². The van der Waals surface area contributed by atoms with Crippen molar-refractivity contribution < 1.29 is 48.3 Å². The van der Waals surface area contributed by atoms with E-state index in [9.17, 15) is 0 Å². The molecule has 5 heteroatoms. The van der Waals surface area contributed by atoms with E-state index in [1.54, 1.807) is 60.8 Å². The van der Waals surface area contributed by atoms with Crippen LogP contribution in [0.2, 0.25) is 0 Å². The molecule has 4 heterocycles. The minimum Gasteiger partial charge on any atom is -0.486 e. The van der Waals surface area contributed by atoms with Crippen molar-refractivity contribution in [2.24, 2.45) is 5.41 Å². The van der Waals surface area contributed by atoms with Crippen LogP contribution in [-0.4, -0.2) is 9.97 Å². The van der Waals surface area contributed by atoms with Gasteiger partial charge in [0.15, 0.2) is 0 Å². The van der Waals surface area contributed by atoms with Crippen molar-refractivity contribution in [2.75, 3.05) is 0 Å². The SMILES string of the molecule is [2H]C([2H])([2H])c1cc([CH2-])c(-c2cc(C([2H])([2H])[2H])c(C([2H])([2H])[2H])c[n+]2[CH2-])cc1-c1ccccc1.[2H]C([2H])([2H])c1ccc2c(n1)oc1c(-c3cc(C([2H])([2H])C(C)(C)C)ccn3)[c-]ccc12.[Ir+3]. The van der Waals surface area contributed by atoms with Gasteiger partial charge in [-0.15, -0.1) is 29.8 Å². The molecule has 4 aromatic heterocycles. The van der Waals surface area contributed by atoms with Crippen LogP contribution < -0.4 is 4.57 Å². The second-order valence-corrected chi connectivity index (χ2v) is 12.4. The maximum absolute atomic E-state index is 8.55. The average Bonchev–Trinajstić information content (AvgIpc) is 3.55. The normalized spacial score (nSPS) is 16.8. The minimum absolute atomic E-state index is 0. The Kier molecular flexibility index (Phi) is 6.30. The predicted octanol–water partition coefficient (Wildman–Crippen LogP) is 10.8. The monoisotopic (exact) mass is 836 g/mol. The summed E-state index contributed by atoms with van der Waals surface area (Å²) in [5, 5.41) is 1.48. The number of hydrogen-bond acceptors (Lipinski definition) is 3. The third kappa shape index (κ3) is 7.80. The van der Waals surface area contributed by atoms with Gasteiger partial charge < -0.3 is 14.0 Å². The van der Waals surface area contributed by atoms with Crippen molar-refractivity contribution in [2.45, 2.75) is 54.6 Å². The summed E-state index contributed by atoms with van der Waals surface area (Å²) in [5.74, 6) is 0. The number of aryl methyl sites for hydroxylation is 4. The van der Waals surface area contributed by atoms with Gasteiger partial charge in [-0.1, -0.05) is 97.7 Å². The summed E-state index contributed by atoms with van der Waals surface area (Å²) in [6, 6.07) is 26.6. The molecule has 0 fully saturated rings. The number of aromatic nitrogens is 3. The van der Waals surface area contributed by atoms with Gasteiger partial charge in [0.1, 0.15) is 0 Å². The predicted molar refractivity (Wildman–Crippen MR) is 198 cm³/mol. The van der Waals surface area contributed by atoms with E-state index < -0.39 is 39.2 Å². The first-order chi connectivity index (χ1) is 28.5. The molecular formula is C44H43IrN3O+. The molecule has 3 aromatic carbocycles. The number of nitrogens with zero attached hydrogens (tertiary/aromatic N) is 3. The fourth-order valence-electron chi connectivity index (χ4n) is 5.45. The summed E-state index contributed by atoms with van der Waals surface area (Å²) < 4.78 is 118. The molecule has 4 nitrogen and oxygen atoms in total. The molecule has 0 atom stereocenters. The molecule has 0 saturated carbocycles. The molecule has 0 spiro atoms. The fraction of sp³-hybridized carbons (Fsp3) is 0.205. The Morgan fingerprint density at radius 2 is 1.67 bits per heavy atom. The molecular weight excluding hydrogens is 779 g/mol. The second-order valence-electron chi connectivity index (χ2n) is 12.4. The molecule has 0 aliphatic rings. The van der Waals surface area contributed by atoms with E-state index in [4.69, 9.17) is 23.6 Å². The van der Waals surface area contributed by atoms with Crippen LogP contribution in [-0.2, 0) is 26.5 Å². The van der Waals surface area contributed by atoms with Crippen LogP contribution in [0.1, 0.15) is 73.5 Å². The zero-order valence-corrected chi connectivity index (χ0v) is 29.6. The van der Waals surface area contributed by atoms with Crippen molar-refractivity contribution in [3.05, 3.63) is 151 Å². The molecule has 7 rings (SSSR count). The average molecular weight is 836 g/mol. The van der Waals surface area contributed by atoms with Gasteiger partial charge in [0, 0.05) is 43.5 Å². The van der Waals surface area contributed by atoms with Crippen LogP contribution in [0, 0.1) is 52.9 Å². The Bertz CT molecular complexity index is 2780. The first kappa shape index (κ1) is 21.4. The van der Waals surface area contributed by atoms with Gasteiger partial charge in [-0.3, -0.25) is 0 Å². The van der Waals surface area contributed by atoms with Crippen LogP contribution in [0.3, 0.4) is 0 Å². The van der Waals surface area contributed by atoms with Gasteiger partial charge in [0.05, 0.1) is 17.5 Å². The zero-order chi connectivity index (χ0) is 46.0. The maximum Gasteiger partial charge on any atom is 3.00 e. The van der Waals surface area contributed by atoms with Gasteiger partial charge in [0.25, 0.3) is 0 Å². The summed E-state index contributed by atoms with van der Waals surface area (Å²) in [6.45, 7) is -0.505. The Morgan fingerprint density at radius 3 is 2.41 bits per heavy atom. The fourth-order valence-corrected chi connectivity index (χ4v) is 5.45. The van der Waals surface area contributed by atoms with E-state index in [1.165, 1.54) is 29.0 Å². The summed E-state index contributed by atoms with van der Waals surface area (Å²) in [5.41, 5.74) is 3.44. The topological polar surface area (TPSA) is 42.8 Å². The van der Waals surface area contributed by atoms with Crippen LogP contribution >= 0.6 is 0 Å². The van der Waals surface area contributed by atoms with E-state index in [1.807, 2.05) is 32.9 Å². The van der Waals surface area contributed by atoms with Gasteiger partial charge in [-0.25, -0.2) is 4.98 Å². The molecule has 0 bridgehead atoms. The van der Waals surface area contributed by atoms with Crippen LogP contribution in [0.4, 0.5) is 0 Å². The van der Waals surface area contributed by atoms with Crippen molar-refractivity contribution in [1.82, 2.24) is 9.97 Å². The van der Waals surface area contributed by atoms with Gasteiger partial charge in [-0.05, 0) is 72.9 Å². The van der Waals surface area contributed by atoms with Gasteiger partial charge in [-0.2, -0.15) is 18.6 Å². The van der Waals surface area contributed by atoms with E-state index in [0.717, 1.165) is 5.39 Å². The molecule has 0 aliphatic heterocycles. The number of furan rings is 1. The number of hydrogen-bond donors (Lipinski definition) is 0. The molecule has 0 amide bonds. The summed E-state index contributed by atoms with van der Waals surface area (Å²) in [6.07, 6.45) is 1.19. The number of benzene rings is 3. The minimum atomic E-state index is -2.67. The van der Waals surface area contributed by atoms with Gasteiger partial charge >= 0.3 is 20.1 Å². The van der Waals surface area contributed by atoms with Crippen LogP contribution in [0.15, 0.2) is 102 Å². The first-order valence-corrected chi connectivity index (χ1v) is 15.2. The van der Waals surface area contributed by atoms with Gasteiger partial charge in [0.2, 0.25) is 5.71 Å². The summed E-state index contributed by atoms with van der Waals surface area (Å²) in [4.78, 5) is 8.60. The third-order valence-electron chi connectivity index (χ3n) is 7.60. The van der Waals surface area contributed by atoms with Crippen LogP contribution in [0.25, 0.3) is 55.7 Å². The third-order valence-corrected chi connectivity index (χ3v) is 7.60. The van der Waals surface area contributed by atoms with E-state index in [-0.39, 0.29) is 48.2 Å².